The van der Waals surface area contributed by atoms with Gasteiger partial charge in [-0.2, -0.15) is 0 Å². The number of hydrogen-bond donors (Lipinski definition) is 0. The van der Waals surface area contributed by atoms with E-state index in [1.807, 2.05) is 12.2 Å². The van der Waals surface area contributed by atoms with Gasteiger partial charge < -0.3 is 28.4 Å². The van der Waals surface area contributed by atoms with Gasteiger partial charge >= 0.3 is 29.8 Å². The summed E-state index contributed by atoms with van der Waals surface area (Å²) in [4.78, 5) is 54.1. The molecule has 1 saturated carbocycles. The number of methoxy groups -OCH3 is 3. The van der Waals surface area contributed by atoms with Crippen LogP contribution in [0.3, 0.4) is 0 Å². The molecule has 2 aliphatic carbocycles. The van der Waals surface area contributed by atoms with E-state index in [0.717, 1.165) is 18.6 Å². The molecule has 0 radical (unpaired) electrons. The summed E-state index contributed by atoms with van der Waals surface area (Å²) in [5.74, 6) is -3.17. The van der Waals surface area contributed by atoms with Crippen LogP contribution in [-0.4, -0.2) is 64.8 Å². The molecule has 0 aromatic rings. The van der Waals surface area contributed by atoms with Crippen LogP contribution in [0.2, 0.25) is 0 Å². The molecule has 2 bridgehead atoms. The molecular weight excluding hydrogens is 440 g/mol. The van der Waals surface area contributed by atoms with Crippen molar-refractivity contribution >= 4 is 29.8 Å². The largest absolute Gasteiger partial charge is 0.466 e. The van der Waals surface area contributed by atoms with E-state index in [4.69, 9.17) is 18.9 Å². The molecule has 182 valence electrons. The van der Waals surface area contributed by atoms with Crippen molar-refractivity contribution in [3.63, 3.8) is 0 Å². The summed E-state index contributed by atoms with van der Waals surface area (Å²) in [7, 11) is 4.22. The maximum Gasteiger partial charge on any atom is 0.338 e. The topological polar surface area (TPSA) is 141 Å². The van der Waals surface area contributed by atoms with Crippen LogP contribution < -0.4 is 0 Å². The Hall–Kier alpha value is -3.31. The first kappa shape index (κ1) is 27.7. The Morgan fingerprint density at radius 3 is 1.58 bits per heavy atom. The molecule has 1 fully saturated rings. The summed E-state index contributed by atoms with van der Waals surface area (Å²) in [6, 6.07) is 0. The minimum atomic E-state index is -0.579. The van der Waals surface area contributed by atoms with Crippen molar-refractivity contribution in [3.05, 3.63) is 36.5 Å². The Kier molecular flexibility index (Phi) is 11.7. The van der Waals surface area contributed by atoms with Gasteiger partial charge in [0.2, 0.25) is 0 Å². The van der Waals surface area contributed by atoms with Crippen molar-refractivity contribution in [1.29, 1.82) is 0 Å². The van der Waals surface area contributed by atoms with Crippen LogP contribution in [-0.2, 0) is 52.4 Å². The van der Waals surface area contributed by atoms with Crippen LogP contribution in [0.15, 0.2) is 36.5 Å². The van der Waals surface area contributed by atoms with Gasteiger partial charge in [-0.15, -0.1) is 0 Å². The van der Waals surface area contributed by atoms with Crippen LogP contribution in [0, 0.1) is 23.7 Å². The fourth-order valence-corrected chi connectivity index (χ4v) is 3.37. The molecule has 33 heavy (non-hydrogen) atoms. The quantitative estimate of drug-likeness (QED) is 0.132. The second-order valence-corrected chi connectivity index (χ2v) is 7.09. The summed E-state index contributed by atoms with van der Waals surface area (Å²) >= 11 is 0. The highest BCUT2D eigenvalue weighted by Crippen LogP contribution is 2.49. The number of carbonyl (C=O) groups is 5. The highest BCUT2D eigenvalue weighted by atomic mass is 16.7. The molecule has 3 aliphatic rings. The molecule has 0 aromatic carbocycles. The Morgan fingerprint density at radius 1 is 0.909 bits per heavy atom. The van der Waals surface area contributed by atoms with E-state index in [-0.39, 0.29) is 31.4 Å². The molecule has 3 rings (SSSR count). The first-order chi connectivity index (χ1) is 15.7. The van der Waals surface area contributed by atoms with Crippen molar-refractivity contribution in [3.8, 4) is 0 Å². The third kappa shape index (κ3) is 8.62. The normalized spacial score (nSPS) is 23.5. The third-order valence-corrected chi connectivity index (χ3v) is 4.73. The first-order valence-electron chi connectivity index (χ1n) is 9.83. The van der Waals surface area contributed by atoms with Gasteiger partial charge in [0.15, 0.2) is 13.6 Å². The molecule has 0 aromatic heterocycles. The molecule has 11 nitrogen and oxygen atoms in total. The lowest BCUT2D eigenvalue weighted by Crippen LogP contribution is -2.35. The minimum Gasteiger partial charge on any atom is -0.466 e. The number of hydrogen-bond acceptors (Lipinski definition) is 11. The zero-order valence-corrected chi connectivity index (χ0v) is 18.9. The van der Waals surface area contributed by atoms with Gasteiger partial charge in [0.25, 0.3) is 0 Å². The summed E-state index contributed by atoms with van der Waals surface area (Å²) in [6.45, 7) is 4.75. The third-order valence-electron chi connectivity index (χ3n) is 4.73. The van der Waals surface area contributed by atoms with Gasteiger partial charge in [-0.3, -0.25) is 9.59 Å². The Bertz CT molecular complexity index is 761. The van der Waals surface area contributed by atoms with E-state index in [9.17, 15) is 24.0 Å². The molecule has 4 atom stereocenters. The second kappa shape index (κ2) is 14.0. The van der Waals surface area contributed by atoms with Gasteiger partial charge in [-0.05, 0) is 25.2 Å². The second-order valence-electron chi connectivity index (χ2n) is 7.09. The van der Waals surface area contributed by atoms with Crippen molar-refractivity contribution in [2.75, 3.05) is 34.9 Å². The fraction of sp³-hybridized carbons (Fsp3) is 0.500. The van der Waals surface area contributed by atoms with Gasteiger partial charge in [-0.1, -0.05) is 18.7 Å². The molecule has 0 N–H and O–H groups in total. The standard InChI is InChI=1S/C13H18O6.C5H8O2.C4H2O3/c1-16-6-18-12(14)10-8-3-4-9(5-8)11(10)13(15)19-7-17-2;1-4(2)5(6)7-3;5-3-1-2-4(6)7-3/h3-4,8-11H,5-7H2,1-2H3;1H2,2-3H3;1-2H. The number of ether oxygens (including phenoxy) is 6. The van der Waals surface area contributed by atoms with E-state index in [2.05, 4.69) is 16.1 Å². The van der Waals surface area contributed by atoms with Crippen LogP contribution in [0.4, 0.5) is 0 Å². The molecule has 0 spiro atoms. The van der Waals surface area contributed by atoms with E-state index < -0.39 is 35.7 Å². The lowest BCUT2D eigenvalue weighted by atomic mass is 9.83. The Morgan fingerprint density at radius 2 is 1.33 bits per heavy atom. The van der Waals surface area contributed by atoms with Crippen molar-refractivity contribution in [1.82, 2.24) is 0 Å². The molecular formula is C22H28O11. The highest BCUT2D eigenvalue weighted by molar-refractivity contribution is 6.04. The van der Waals surface area contributed by atoms with Crippen LogP contribution >= 0.6 is 0 Å². The zero-order chi connectivity index (χ0) is 25.0. The predicted molar refractivity (Wildman–Crippen MR) is 111 cm³/mol. The highest BCUT2D eigenvalue weighted by Gasteiger charge is 2.53. The van der Waals surface area contributed by atoms with Gasteiger partial charge in [-0.25, -0.2) is 14.4 Å². The fourth-order valence-electron chi connectivity index (χ4n) is 3.37. The molecule has 11 heteroatoms. The number of rotatable bonds is 7. The maximum absolute atomic E-state index is 12.0. The first-order valence-corrected chi connectivity index (χ1v) is 9.83. The smallest absolute Gasteiger partial charge is 0.338 e. The molecule has 0 amide bonds. The van der Waals surface area contributed by atoms with E-state index in [1.54, 1.807) is 6.92 Å². The maximum atomic E-state index is 12.0. The zero-order valence-electron chi connectivity index (χ0n) is 18.9. The summed E-state index contributed by atoms with van der Waals surface area (Å²) in [5, 5.41) is 0. The molecule has 4 unspecified atom stereocenters. The molecule has 0 saturated heterocycles. The average molecular weight is 468 g/mol. The molecule has 1 aliphatic heterocycles. The number of esters is 5. The lowest BCUT2D eigenvalue weighted by Gasteiger charge is -2.24. The van der Waals surface area contributed by atoms with Gasteiger partial charge in [0.1, 0.15) is 0 Å². The van der Waals surface area contributed by atoms with Crippen molar-refractivity contribution < 1.29 is 52.4 Å². The number of allylic oxidation sites excluding steroid dienone is 2. The van der Waals surface area contributed by atoms with Crippen molar-refractivity contribution in [2.24, 2.45) is 23.7 Å². The van der Waals surface area contributed by atoms with Crippen LogP contribution in [0.1, 0.15) is 13.3 Å². The minimum absolute atomic E-state index is 0.0504. The van der Waals surface area contributed by atoms with E-state index in [1.165, 1.54) is 21.3 Å². The molecule has 1 heterocycles. The summed E-state index contributed by atoms with van der Waals surface area (Å²) in [5.41, 5.74) is 0.433. The average Bonchev–Trinajstić information content (AvgIpc) is 3.51. The van der Waals surface area contributed by atoms with E-state index >= 15 is 0 Å². The number of carbonyl (C=O) groups excluding carboxylic acids is 5. The van der Waals surface area contributed by atoms with Crippen molar-refractivity contribution in [2.45, 2.75) is 13.3 Å². The lowest BCUT2D eigenvalue weighted by molar-refractivity contribution is -0.172. The Labute approximate surface area is 191 Å². The number of fused-ring (bicyclic) bond motifs is 2. The number of cyclic esters (lactones) is 2. The van der Waals surface area contributed by atoms with Crippen LogP contribution in [0.25, 0.3) is 0 Å². The predicted octanol–water partition coefficient (Wildman–Crippen LogP) is 1.08. The SMILES string of the molecule is C=C(C)C(=O)OC.COCOC(=O)C1C2C=CC(C2)C1C(=O)OCOC.O=C1C=CC(=O)O1. The van der Waals surface area contributed by atoms with Crippen LogP contribution in [0.5, 0.6) is 0 Å². The van der Waals surface area contributed by atoms with Gasteiger partial charge in [0.05, 0.1) is 18.9 Å². The Balaban J connectivity index is 0.000000318. The van der Waals surface area contributed by atoms with Gasteiger partial charge in [0, 0.05) is 31.9 Å². The summed E-state index contributed by atoms with van der Waals surface area (Å²) < 4.78 is 27.6. The van der Waals surface area contributed by atoms with E-state index in [0.29, 0.717) is 5.57 Å². The summed E-state index contributed by atoms with van der Waals surface area (Å²) in [6.07, 6.45) is 6.91. The monoisotopic (exact) mass is 468 g/mol.